The fourth-order valence-electron chi connectivity index (χ4n) is 2.46. The van der Waals surface area contributed by atoms with Gasteiger partial charge in [0.2, 0.25) is 0 Å². The van der Waals surface area contributed by atoms with Crippen LogP contribution in [0.3, 0.4) is 0 Å². The van der Waals surface area contributed by atoms with Gasteiger partial charge in [-0.25, -0.2) is 0 Å². The fourth-order valence-corrected chi connectivity index (χ4v) is 2.62. The maximum atomic E-state index is 11.8. The predicted molar refractivity (Wildman–Crippen MR) is 82.5 cm³/mol. The molecule has 1 aromatic heterocycles. The summed E-state index contributed by atoms with van der Waals surface area (Å²) >= 11 is 6.08. The average molecular weight is 284 g/mol. The number of hydrogen-bond donors (Lipinski definition) is 0. The molecule has 2 nitrogen and oxygen atoms in total. The molecule has 0 bridgehead atoms. The zero-order valence-corrected chi connectivity index (χ0v) is 11.9. The van der Waals surface area contributed by atoms with Crippen LogP contribution in [0.4, 0.5) is 0 Å². The number of nitrogens with zero attached hydrogens (tertiary/aromatic N) is 1. The van der Waals surface area contributed by atoms with Crippen molar-refractivity contribution in [2.75, 3.05) is 0 Å². The Kier molecular flexibility index (Phi) is 3.33. The van der Waals surface area contributed by atoms with Crippen LogP contribution in [-0.4, -0.2) is 10.4 Å². The highest BCUT2D eigenvalue weighted by Crippen LogP contribution is 2.26. The van der Waals surface area contributed by atoms with Crippen LogP contribution in [0.5, 0.6) is 0 Å². The minimum atomic E-state index is 0.0733. The van der Waals surface area contributed by atoms with Gasteiger partial charge < -0.3 is 4.57 Å². The molecule has 0 amide bonds. The summed E-state index contributed by atoms with van der Waals surface area (Å²) in [4.78, 5) is 11.8. The van der Waals surface area contributed by atoms with Gasteiger partial charge >= 0.3 is 0 Å². The van der Waals surface area contributed by atoms with Crippen LogP contribution in [0.1, 0.15) is 22.8 Å². The Morgan fingerprint density at radius 2 is 1.90 bits per heavy atom. The molecular formula is C17H14ClNO. The lowest BCUT2D eigenvalue weighted by atomic mass is 10.1. The van der Waals surface area contributed by atoms with Gasteiger partial charge in [0, 0.05) is 28.7 Å². The molecule has 20 heavy (non-hydrogen) atoms. The van der Waals surface area contributed by atoms with Crippen LogP contribution in [0.15, 0.2) is 54.7 Å². The molecule has 0 aliphatic rings. The molecule has 0 saturated heterocycles. The zero-order valence-electron chi connectivity index (χ0n) is 11.1. The van der Waals surface area contributed by atoms with E-state index in [4.69, 9.17) is 11.6 Å². The van der Waals surface area contributed by atoms with E-state index in [0.717, 1.165) is 23.0 Å². The molecule has 2 aromatic carbocycles. The Hall–Kier alpha value is -2.06. The maximum absolute atomic E-state index is 11.8. The van der Waals surface area contributed by atoms with Crippen LogP contribution in [0, 0.1) is 0 Å². The number of halogens is 1. The van der Waals surface area contributed by atoms with Crippen LogP contribution >= 0.6 is 11.6 Å². The van der Waals surface area contributed by atoms with Gasteiger partial charge in [0.25, 0.3) is 0 Å². The van der Waals surface area contributed by atoms with E-state index in [0.29, 0.717) is 5.02 Å². The second-order valence-corrected chi connectivity index (χ2v) is 5.31. The number of carbonyl (C=O) groups excluding carboxylic acids is 1. The van der Waals surface area contributed by atoms with Crippen molar-refractivity contribution in [3.8, 4) is 0 Å². The van der Waals surface area contributed by atoms with Crippen LogP contribution in [0.2, 0.25) is 5.02 Å². The second-order valence-electron chi connectivity index (χ2n) is 4.87. The first-order valence-electron chi connectivity index (χ1n) is 6.48. The van der Waals surface area contributed by atoms with E-state index >= 15 is 0 Å². The minimum absolute atomic E-state index is 0.0733. The largest absolute Gasteiger partial charge is 0.342 e. The number of hydrogen-bond acceptors (Lipinski definition) is 1. The summed E-state index contributed by atoms with van der Waals surface area (Å²) in [6.07, 6.45) is 1.91. The van der Waals surface area contributed by atoms with E-state index < -0.39 is 0 Å². The first-order valence-corrected chi connectivity index (χ1v) is 6.86. The quantitative estimate of drug-likeness (QED) is 0.647. The van der Waals surface area contributed by atoms with E-state index in [1.807, 2.05) is 42.6 Å². The first kappa shape index (κ1) is 12.9. The summed E-state index contributed by atoms with van der Waals surface area (Å²) < 4.78 is 2.08. The number of rotatable bonds is 3. The van der Waals surface area contributed by atoms with Crippen molar-refractivity contribution in [1.29, 1.82) is 0 Å². The standard InChI is InChI=1S/C17H14ClNO/c1-12(20)16-11-19(10-13-5-3-2-4-6-13)17-9-14(18)7-8-15(16)17/h2-9,11H,10H2,1H3. The average Bonchev–Trinajstić information content (AvgIpc) is 2.78. The Labute approximate surface area is 122 Å². The molecule has 0 spiro atoms. The smallest absolute Gasteiger partial charge is 0.161 e. The summed E-state index contributed by atoms with van der Waals surface area (Å²) in [5, 5.41) is 1.64. The van der Waals surface area contributed by atoms with Gasteiger partial charge in [0.15, 0.2) is 5.78 Å². The van der Waals surface area contributed by atoms with Crippen molar-refractivity contribution in [2.24, 2.45) is 0 Å². The number of aromatic nitrogens is 1. The molecule has 3 rings (SSSR count). The maximum Gasteiger partial charge on any atom is 0.161 e. The highest BCUT2D eigenvalue weighted by atomic mass is 35.5. The van der Waals surface area contributed by atoms with Gasteiger partial charge in [-0.3, -0.25) is 4.79 Å². The van der Waals surface area contributed by atoms with Crippen LogP contribution in [-0.2, 0) is 6.54 Å². The lowest BCUT2D eigenvalue weighted by Gasteiger charge is -2.05. The van der Waals surface area contributed by atoms with Crippen LogP contribution in [0.25, 0.3) is 10.9 Å². The topological polar surface area (TPSA) is 22.0 Å². The normalized spacial score (nSPS) is 10.9. The number of ketones is 1. The van der Waals surface area contributed by atoms with E-state index in [-0.39, 0.29) is 5.78 Å². The third-order valence-electron chi connectivity index (χ3n) is 3.42. The lowest BCUT2D eigenvalue weighted by molar-refractivity contribution is 0.101. The van der Waals surface area contributed by atoms with E-state index in [1.54, 1.807) is 6.92 Å². The third kappa shape index (κ3) is 2.35. The van der Waals surface area contributed by atoms with Gasteiger partial charge in [0.1, 0.15) is 0 Å². The fraction of sp³-hybridized carbons (Fsp3) is 0.118. The van der Waals surface area contributed by atoms with Crippen molar-refractivity contribution in [3.05, 3.63) is 70.9 Å². The van der Waals surface area contributed by atoms with Crippen molar-refractivity contribution < 1.29 is 4.79 Å². The van der Waals surface area contributed by atoms with Crippen molar-refractivity contribution in [2.45, 2.75) is 13.5 Å². The van der Waals surface area contributed by atoms with E-state index in [1.165, 1.54) is 5.56 Å². The van der Waals surface area contributed by atoms with Crippen LogP contribution < -0.4 is 0 Å². The Bertz CT molecular complexity index is 774. The SMILES string of the molecule is CC(=O)c1cn(Cc2ccccc2)c2cc(Cl)ccc12. The molecule has 3 heteroatoms. The molecule has 0 atom stereocenters. The van der Waals surface area contributed by atoms with Gasteiger partial charge in [-0.15, -0.1) is 0 Å². The minimum Gasteiger partial charge on any atom is -0.342 e. The van der Waals surface area contributed by atoms with Gasteiger partial charge in [0.05, 0.1) is 5.52 Å². The summed E-state index contributed by atoms with van der Waals surface area (Å²) in [5.41, 5.74) is 2.93. The molecule has 3 aromatic rings. The molecule has 1 heterocycles. The summed E-state index contributed by atoms with van der Waals surface area (Å²) in [5.74, 6) is 0.0733. The molecule has 0 aliphatic heterocycles. The summed E-state index contributed by atoms with van der Waals surface area (Å²) in [6.45, 7) is 2.32. The number of Topliss-reactive ketones (excluding diaryl/α,β-unsaturated/α-hetero) is 1. The monoisotopic (exact) mass is 283 g/mol. The molecule has 100 valence electrons. The molecular weight excluding hydrogens is 270 g/mol. The molecule has 0 aliphatic carbocycles. The number of benzene rings is 2. The second kappa shape index (κ2) is 5.14. The number of fused-ring (bicyclic) bond motifs is 1. The highest BCUT2D eigenvalue weighted by Gasteiger charge is 2.12. The Balaban J connectivity index is 2.15. The molecule has 0 radical (unpaired) electrons. The lowest BCUT2D eigenvalue weighted by Crippen LogP contribution is -1.97. The zero-order chi connectivity index (χ0) is 14.1. The summed E-state index contributed by atoms with van der Waals surface area (Å²) in [6, 6.07) is 15.8. The predicted octanol–water partition coefficient (Wildman–Crippen LogP) is 4.55. The summed E-state index contributed by atoms with van der Waals surface area (Å²) in [7, 11) is 0. The van der Waals surface area contributed by atoms with Crippen molar-refractivity contribution in [1.82, 2.24) is 4.57 Å². The van der Waals surface area contributed by atoms with E-state index in [9.17, 15) is 4.79 Å². The van der Waals surface area contributed by atoms with Gasteiger partial charge in [-0.05, 0) is 24.6 Å². The van der Waals surface area contributed by atoms with Gasteiger partial charge in [-0.2, -0.15) is 0 Å². The molecule has 0 saturated carbocycles. The van der Waals surface area contributed by atoms with Crippen molar-refractivity contribution >= 4 is 28.3 Å². The molecule has 0 N–H and O–H groups in total. The highest BCUT2D eigenvalue weighted by molar-refractivity contribution is 6.31. The Morgan fingerprint density at radius 3 is 2.60 bits per heavy atom. The third-order valence-corrected chi connectivity index (χ3v) is 3.65. The number of carbonyl (C=O) groups is 1. The van der Waals surface area contributed by atoms with E-state index in [2.05, 4.69) is 16.7 Å². The first-order chi connectivity index (χ1) is 9.65. The molecule has 0 fully saturated rings. The van der Waals surface area contributed by atoms with Crippen molar-refractivity contribution in [3.63, 3.8) is 0 Å². The Morgan fingerprint density at radius 1 is 1.15 bits per heavy atom. The molecule has 0 unspecified atom stereocenters. The van der Waals surface area contributed by atoms with Gasteiger partial charge in [-0.1, -0.05) is 48.0 Å².